The predicted molar refractivity (Wildman–Crippen MR) is 125 cm³/mol. The quantitative estimate of drug-likeness (QED) is 0.455. The van der Waals surface area contributed by atoms with E-state index in [0.29, 0.717) is 31.2 Å². The summed E-state index contributed by atoms with van der Waals surface area (Å²) in [7, 11) is 0. The molecular formula is C29H30F2O3. The number of fused-ring (bicyclic) bond motifs is 4. The Balaban J connectivity index is 1.69. The molecule has 5 heteroatoms. The fraction of sp³-hybridized carbons (Fsp3) is 0.517. The summed E-state index contributed by atoms with van der Waals surface area (Å²) in [6, 6.07) is 7.39. The molecule has 5 atom stereocenters. The third kappa shape index (κ3) is 3.11. The van der Waals surface area contributed by atoms with Gasteiger partial charge in [0.25, 0.3) is 0 Å². The highest BCUT2D eigenvalue weighted by Crippen LogP contribution is 2.69. The van der Waals surface area contributed by atoms with Crippen LogP contribution in [0, 0.1) is 29.6 Å². The number of benzene rings is 1. The number of alkyl halides is 2. The van der Waals surface area contributed by atoms with Crippen LogP contribution in [0.3, 0.4) is 0 Å². The van der Waals surface area contributed by atoms with Crippen LogP contribution < -0.4 is 0 Å². The van der Waals surface area contributed by atoms with Gasteiger partial charge in [-0.15, -0.1) is 6.42 Å². The maximum Gasteiger partial charge on any atom is 0.336 e. The van der Waals surface area contributed by atoms with E-state index in [1.54, 1.807) is 31.1 Å². The summed E-state index contributed by atoms with van der Waals surface area (Å²) in [4.78, 5) is 24.0. The molecule has 1 N–H and O–H groups in total. The van der Waals surface area contributed by atoms with E-state index in [-0.39, 0.29) is 35.7 Å². The van der Waals surface area contributed by atoms with E-state index in [2.05, 4.69) is 0 Å². The second kappa shape index (κ2) is 7.71. The lowest BCUT2D eigenvalue weighted by atomic mass is 9.50. The molecule has 5 rings (SSSR count). The second-order valence-corrected chi connectivity index (χ2v) is 10.8. The number of ketones is 2. The number of carbonyl (C=O) groups is 2. The molecule has 0 saturated heterocycles. The molecule has 178 valence electrons. The number of aliphatic hydroxyl groups is 1. The Hall–Kier alpha value is -2.58. The van der Waals surface area contributed by atoms with E-state index >= 15 is 8.78 Å². The summed E-state index contributed by atoms with van der Waals surface area (Å²) in [5.74, 6) is -2.15. The van der Waals surface area contributed by atoms with E-state index in [0.717, 1.165) is 24.0 Å². The van der Waals surface area contributed by atoms with E-state index < -0.39 is 16.9 Å². The summed E-state index contributed by atoms with van der Waals surface area (Å²) < 4.78 is 30.2. The molecule has 2 fully saturated rings. The lowest BCUT2D eigenvalue weighted by Crippen LogP contribution is -2.60. The molecule has 4 aliphatic rings. The van der Waals surface area contributed by atoms with Crippen LogP contribution in [0.2, 0.25) is 0 Å². The number of hydrogen-bond donors (Lipinski definition) is 1. The smallest absolute Gasteiger partial charge is 0.336 e. The molecule has 0 aromatic heterocycles. The van der Waals surface area contributed by atoms with Crippen LogP contribution in [0.4, 0.5) is 8.78 Å². The Labute approximate surface area is 199 Å². The van der Waals surface area contributed by atoms with Gasteiger partial charge in [-0.05, 0) is 86.0 Å². The summed E-state index contributed by atoms with van der Waals surface area (Å²) in [6.45, 7) is 3.31. The van der Waals surface area contributed by atoms with Crippen molar-refractivity contribution in [1.29, 1.82) is 0 Å². The van der Waals surface area contributed by atoms with Gasteiger partial charge in [0.2, 0.25) is 0 Å². The van der Waals surface area contributed by atoms with Crippen LogP contribution in [0.15, 0.2) is 47.1 Å². The van der Waals surface area contributed by atoms with Gasteiger partial charge < -0.3 is 5.11 Å². The fourth-order valence-electron chi connectivity index (χ4n) is 7.55. The van der Waals surface area contributed by atoms with Crippen LogP contribution >= 0.6 is 0 Å². The SMILES string of the molecule is C#CC(F)(F)[C@]1(O)CC[C@H]2[C@@H]3CCC4=CC(=O)CCC4=C3[C@@H](c3ccc(C(C)=O)cc3)C[C@@]21C. The highest BCUT2D eigenvalue weighted by atomic mass is 19.3. The zero-order valence-electron chi connectivity index (χ0n) is 19.7. The Morgan fingerprint density at radius 3 is 2.53 bits per heavy atom. The van der Waals surface area contributed by atoms with Gasteiger partial charge in [-0.1, -0.05) is 36.8 Å². The molecule has 0 amide bonds. The molecule has 2 saturated carbocycles. The molecule has 1 aromatic rings. The van der Waals surface area contributed by atoms with Crippen molar-refractivity contribution in [2.24, 2.45) is 17.3 Å². The van der Waals surface area contributed by atoms with Crippen molar-refractivity contribution >= 4 is 11.6 Å². The molecule has 3 nitrogen and oxygen atoms in total. The molecular weight excluding hydrogens is 434 g/mol. The van der Waals surface area contributed by atoms with Crippen LogP contribution in [0.1, 0.15) is 80.6 Å². The van der Waals surface area contributed by atoms with Gasteiger partial charge in [-0.25, -0.2) is 0 Å². The lowest BCUT2D eigenvalue weighted by molar-refractivity contribution is -0.209. The summed E-state index contributed by atoms with van der Waals surface area (Å²) in [5.41, 5.74) is 1.75. The largest absolute Gasteiger partial charge is 0.382 e. The highest BCUT2D eigenvalue weighted by molar-refractivity contribution is 5.94. The van der Waals surface area contributed by atoms with Crippen molar-refractivity contribution in [2.75, 3.05) is 0 Å². The van der Waals surface area contributed by atoms with Gasteiger partial charge in [0.15, 0.2) is 11.6 Å². The van der Waals surface area contributed by atoms with Crippen molar-refractivity contribution in [3.63, 3.8) is 0 Å². The monoisotopic (exact) mass is 464 g/mol. The fourth-order valence-corrected chi connectivity index (χ4v) is 7.55. The topological polar surface area (TPSA) is 54.4 Å². The van der Waals surface area contributed by atoms with Gasteiger partial charge in [-0.2, -0.15) is 8.78 Å². The Kier molecular flexibility index (Phi) is 5.26. The molecule has 34 heavy (non-hydrogen) atoms. The predicted octanol–water partition coefficient (Wildman–Crippen LogP) is 5.79. The number of terminal acetylenes is 1. The number of hydrogen-bond acceptors (Lipinski definition) is 3. The third-order valence-electron chi connectivity index (χ3n) is 9.31. The van der Waals surface area contributed by atoms with Crippen molar-refractivity contribution in [1.82, 2.24) is 0 Å². The Morgan fingerprint density at radius 1 is 1.18 bits per heavy atom. The van der Waals surface area contributed by atoms with Crippen LogP contribution in [0.25, 0.3) is 0 Å². The summed E-state index contributed by atoms with van der Waals surface area (Å²) in [5, 5.41) is 11.5. The molecule has 4 aliphatic carbocycles. The van der Waals surface area contributed by atoms with E-state index in [1.807, 2.05) is 12.1 Å². The zero-order chi connectivity index (χ0) is 24.5. The van der Waals surface area contributed by atoms with Crippen LogP contribution in [0.5, 0.6) is 0 Å². The van der Waals surface area contributed by atoms with E-state index in [1.165, 1.54) is 18.1 Å². The van der Waals surface area contributed by atoms with E-state index in [4.69, 9.17) is 6.42 Å². The molecule has 0 unspecified atom stereocenters. The standard InChI is InChI=1S/C29H30F2O3/c1-4-29(30,31)28(34)14-13-25-23-11-9-20-15-21(33)10-12-22(20)26(23)24(16-27(25,28)3)19-7-5-18(6-8-19)17(2)32/h1,5-8,15,23-25,34H,9-14,16H2,2-3H3/t23-,24+,25-,27-,28-/m0/s1. The minimum atomic E-state index is -3.62. The van der Waals surface area contributed by atoms with Gasteiger partial charge in [-0.3, -0.25) is 9.59 Å². The first-order chi connectivity index (χ1) is 16.0. The summed E-state index contributed by atoms with van der Waals surface area (Å²) in [6.07, 6.45) is 10.5. The molecule has 0 heterocycles. The molecule has 0 aliphatic heterocycles. The third-order valence-corrected chi connectivity index (χ3v) is 9.31. The summed E-state index contributed by atoms with van der Waals surface area (Å²) >= 11 is 0. The molecule has 0 radical (unpaired) electrons. The van der Waals surface area contributed by atoms with Crippen molar-refractivity contribution in [3.8, 4) is 12.3 Å². The lowest BCUT2D eigenvalue weighted by Gasteiger charge is -2.55. The maximum atomic E-state index is 15.1. The number of Topliss-reactive ketones (excluding diaryl/α,β-unsaturated/α-hetero) is 1. The van der Waals surface area contributed by atoms with Crippen molar-refractivity contribution in [2.45, 2.75) is 76.2 Å². The van der Waals surface area contributed by atoms with Crippen LogP contribution in [-0.2, 0) is 4.79 Å². The van der Waals surface area contributed by atoms with Gasteiger partial charge >= 0.3 is 5.92 Å². The van der Waals surface area contributed by atoms with Gasteiger partial charge in [0.1, 0.15) is 5.60 Å². The molecule has 0 bridgehead atoms. The number of halogens is 2. The average Bonchev–Trinajstić information content (AvgIpc) is 3.10. The van der Waals surface area contributed by atoms with Gasteiger partial charge in [0, 0.05) is 23.3 Å². The molecule has 1 aromatic carbocycles. The Bertz CT molecular complexity index is 1170. The first-order valence-electron chi connectivity index (χ1n) is 12.2. The number of rotatable bonds is 3. The maximum absolute atomic E-state index is 15.1. The molecule has 0 spiro atoms. The first-order valence-corrected chi connectivity index (χ1v) is 12.2. The Morgan fingerprint density at radius 2 is 1.88 bits per heavy atom. The van der Waals surface area contributed by atoms with Crippen LogP contribution in [-0.4, -0.2) is 28.2 Å². The minimum absolute atomic E-state index is 0.0261. The average molecular weight is 465 g/mol. The van der Waals surface area contributed by atoms with Crippen molar-refractivity contribution in [3.05, 3.63) is 58.2 Å². The van der Waals surface area contributed by atoms with E-state index in [9.17, 15) is 14.7 Å². The first kappa shape index (κ1) is 23.2. The van der Waals surface area contributed by atoms with Crippen molar-refractivity contribution < 1.29 is 23.5 Å². The van der Waals surface area contributed by atoms with Gasteiger partial charge in [0.05, 0.1) is 0 Å². The zero-order valence-corrected chi connectivity index (χ0v) is 19.7. The minimum Gasteiger partial charge on any atom is -0.382 e. The second-order valence-electron chi connectivity index (χ2n) is 10.8. The highest BCUT2D eigenvalue weighted by Gasteiger charge is 2.71. The number of allylic oxidation sites excluding steroid dienone is 4. The number of carbonyl (C=O) groups excluding carboxylic acids is 2. The normalized spacial score (nSPS) is 35.1.